The van der Waals surface area contributed by atoms with Crippen molar-refractivity contribution in [2.45, 2.75) is 58.7 Å². The molecule has 0 aromatic carbocycles. The molecule has 0 aliphatic rings. The summed E-state index contributed by atoms with van der Waals surface area (Å²) >= 11 is 0. The highest BCUT2D eigenvalue weighted by atomic mass is 15.2. The number of nitrogens with zero attached hydrogens (tertiary/aromatic N) is 1. The molecule has 0 amide bonds. The van der Waals surface area contributed by atoms with Gasteiger partial charge in [-0.15, -0.1) is 0 Å². The van der Waals surface area contributed by atoms with Crippen molar-refractivity contribution in [3.8, 4) is 0 Å². The van der Waals surface area contributed by atoms with Gasteiger partial charge in [-0.1, -0.05) is 34.3 Å². The van der Waals surface area contributed by atoms with E-state index in [4.69, 9.17) is 5.73 Å². The fourth-order valence-electron chi connectivity index (χ4n) is 2.61. The van der Waals surface area contributed by atoms with Crippen LogP contribution in [0.2, 0.25) is 0 Å². The van der Waals surface area contributed by atoms with Gasteiger partial charge < -0.3 is 16.0 Å². The van der Waals surface area contributed by atoms with Crippen LogP contribution in [-0.4, -0.2) is 43.8 Å². The minimum atomic E-state index is -0.452. The maximum Gasteiger partial charge on any atom is 0.0876 e. The third-order valence-corrected chi connectivity index (χ3v) is 3.83. The number of hydrogen-bond donors (Lipinski definition) is 3. The van der Waals surface area contributed by atoms with E-state index in [2.05, 4.69) is 56.9 Å². The van der Waals surface area contributed by atoms with Crippen molar-refractivity contribution in [2.75, 3.05) is 27.2 Å². The summed E-state index contributed by atoms with van der Waals surface area (Å²) in [5.74, 6) is 0.649. The fourth-order valence-corrected chi connectivity index (χ4v) is 2.61. The maximum absolute atomic E-state index is 6.69. The molecule has 2 unspecified atom stereocenters. The Labute approximate surface area is 126 Å². The van der Waals surface area contributed by atoms with Crippen molar-refractivity contribution in [3.05, 3.63) is 12.3 Å². The van der Waals surface area contributed by atoms with Gasteiger partial charge >= 0.3 is 0 Å². The normalized spacial score (nSPS) is 16.0. The first-order chi connectivity index (χ1) is 9.32. The molecule has 4 nitrogen and oxygen atoms in total. The van der Waals surface area contributed by atoms with E-state index in [9.17, 15) is 0 Å². The zero-order chi connectivity index (χ0) is 15.8. The Balaban J connectivity index is 5.02. The van der Waals surface area contributed by atoms with Crippen molar-refractivity contribution in [1.29, 1.82) is 0 Å². The lowest BCUT2D eigenvalue weighted by Gasteiger charge is -2.42. The molecule has 120 valence electrons. The minimum Gasteiger partial charge on any atom is -0.377 e. The summed E-state index contributed by atoms with van der Waals surface area (Å²) in [6, 6.07) is 0.0396. The molecule has 0 radical (unpaired) electrons. The molecule has 0 heterocycles. The molecule has 4 heteroatoms. The van der Waals surface area contributed by atoms with Crippen LogP contribution in [0, 0.1) is 5.92 Å². The Bertz CT molecular complexity index is 278. The summed E-state index contributed by atoms with van der Waals surface area (Å²) in [5.41, 5.74) is 7.29. The SMILES string of the molecule is C=C(C(NC)C(N)(CCC(C)C)NCC)N(C)CCC. The van der Waals surface area contributed by atoms with Gasteiger partial charge in [0, 0.05) is 19.3 Å². The molecule has 0 saturated heterocycles. The second-order valence-corrected chi connectivity index (χ2v) is 6.14. The molecule has 0 saturated carbocycles. The van der Waals surface area contributed by atoms with E-state index in [0.717, 1.165) is 38.0 Å². The highest BCUT2D eigenvalue weighted by Gasteiger charge is 2.35. The standard InChI is InChI=1S/C16H36N4/c1-8-12-20(7)14(5)15(18-6)16(17,19-9-2)11-10-13(3)4/h13,15,18-19H,5,8-12,17H2,1-4,6-7H3. The minimum absolute atomic E-state index is 0.0396. The quantitative estimate of drug-likeness (QED) is 0.509. The van der Waals surface area contributed by atoms with Gasteiger partial charge in [-0.3, -0.25) is 5.32 Å². The first kappa shape index (κ1) is 19.4. The van der Waals surface area contributed by atoms with Crippen molar-refractivity contribution in [1.82, 2.24) is 15.5 Å². The molecule has 2 atom stereocenters. The average Bonchev–Trinajstić information content (AvgIpc) is 2.37. The summed E-state index contributed by atoms with van der Waals surface area (Å²) in [6.45, 7) is 14.9. The Morgan fingerprint density at radius 3 is 2.35 bits per heavy atom. The van der Waals surface area contributed by atoms with Gasteiger partial charge in [-0.05, 0) is 38.8 Å². The Morgan fingerprint density at radius 2 is 1.95 bits per heavy atom. The van der Waals surface area contributed by atoms with Crippen LogP contribution in [0.15, 0.2) is 12.3 Å². The lowest BCUT2D eigenvalue weighted by atomic mass is 9.89. The Hall–Kier alpha value is -0.580. The van der Waals surface area contributed by atoms with Gasteiger partial charge in [0.05, 0.1) is 11.7 Å². The molecule has 0 fully saturated rings. The largest absolute Gasteiger partial charge is 0.377 e. The molecule has 20 heavy (non-hydrogen) atoms. The summed E-state index contributed by atoms with van der Waals surface area (Å²) < 4.78 is 0. The van der Waals surface area contributed by atoms with Crippen LogP contribution in [0.4, 0.5) is 0 Å². The van der Waals surface area contributed by atoms with E-state index < -0.39 is 5.66 Å². The van der Waals surface area contributed by atoms with Crippen LogP contribution in [0.25, 0.3) is 0 Å². The molecule has 0 spiro atoms. The van der Waals surface area contributed by atoms with E-state index in [-0.39, 0.29) is 6.04 Å². The van der Waals surface area contributed by atoms with Crippen molar-refractivity contribution < 1.29 is 0 Å². The fraction of sp³-hybridized carbons (Fsp3) is 0.875. The number of rotatable bonds is 11. The topological polar surface area (TPSA) is 53.3 Å². The van der Waals surface area contributed by atoms with E-state index in [1.807, 2.05) is 7.05 Å². The van der Waals surface area contributed by atoms with E-state index in [0.29, 0.717) is 5.92 Å². The van der Waals surface area contributed by atoms with Crippen LogP contribution in [0.3, 0.4) is 0 Å². The highest BCUT2D eigenvalue weighted by Crippen LogP contribution is 2.21. The molecule has 0 aromatic heterocycles. The Morgan fingerprint density at radius 1 is 1.35 bits per heavy atom. The lowest BCUT2D eigenvalue weighted by Crippen LogP contribution is -2.67. The zero-order valence-electron chi connectivity index (χ0n) is 14.4. The molecule has 0 aromatic rings. The van der Waals surface area contributed by atoms with Crippen LogP contribution in [0.1, 0.15) is 47.0 Å². The number of nitrogens with two attached hydrogens (primary N) is 1. The highest BCUT2D eigenvalue weighted by molar-refractivity contribution is 5.13. The van der Waals surface area contributed by atoms with Crippen molar-refractivity contribution in [2.24, 2.45) is 11.7 Å². The van der Waals surface area contributed by atoms with Crippen LogP contribution in [0.5, 0.6) is 0 Å². The molecule has 0 aliphatic heterocycles. The van der Waals surface area contributed by atoms with E-state index >= 15 is 0 Å². The van der Waals surface area contributed by atoms with E-state index in [1.54, 1.807) is 0 Å². The van der Waals surface area contributed by atoms with Gasteiger partial charge in [0.25, 0.3) is 0 Å². The third-order valence-electron chi connectivity index (χ3n) is 3.83. The van der Waals surface area contributed by atoms with Crippen LogP contribution >= 0.6 is 0 Å². The number of nitrogens with one attached hydrogen (secondary N) is 2. The van der Waals surface area contributed by atoms with Gasteiger partial charge in [0.2, 0.25) is 0 Å². The predicted molar refractivity (Wildman–Crippen MR) is 89.6 cm³/mol. The molecule has 4 N–H and O–H groups in total. The van der Waals surface area contributed by atoms with Crippen LogP contribution < -0.4 is 16.4 Å². The maximum atomic E-state index is 6.69. The zero-order valence-corrected chi connectivity index (χ0v) is 14.4. The third kappa shape index (κ3) is 5.81. The molecule has 0 aliphatic carbocycles. The van der Waals surface area contributed by atoms with Crippen LogP contribution in [-0.2, 0) is 0 Å². The first-order valence-electron chi connectivity index (χ1n) is 7.93. The lowest BCUT2D eigenvalue weighted by molar-refractivity contribution is 0.212. The van der Waals surface area contributed by atoms with Crippen molar-refractivity contribution >= 4 is 0 Å². The molecule has 0 rings (SSSR count). The monoisotopic (exact) mass is 284 g/mol. The van der Waals surface area contributed by atoms with Gasteiger partial charge in [0.1, 0.15) is 0 Å². The predicted octanol–water partition coefficient (Wildman–Crippen LogP) is 2.13. The summed E-state index contributed by atoms with van der Waals surface area (Å²) in [5, 5.41) is 6.83. The molecular formula is C16H36N4. The molecule has 0 bridgehead atoms. The van der Waals surface area contributed by atoms with Gasteiger partial charge in [-0.2, -0.15) is 0 Å². The first-order valence-corrected chi connectivity index (χ1v) is 7.93. The number of hydrogen-bond acceptors (Lipinski definition) is 4. The van der Waals surface area contributed by atoms with E-state index in [1.165, 1.54) is 0 Å². The summed E-state index contributed by atoms with van der Waals surface area (Å²) in [7, 11) is 4.05. The number of likely N-dealkylation sites (N-methyl/N-ethyl adjacent to an activating group) is 3. The smallest absolute Gasteiger partial charge is 0.0876 e. The second-order valence-electron chi connectivity index (χ2n) is 6.14. The average molecular weight is 284 g/mol. The summed E-state index contributed by atoms with van der Waals surface area (Å²) in [6.07, 6.45) is 3.15. The second kappa shape index (κ2) is 9.37. The summed E-state index contributed by atoms with van der Waals surface area (Å²) in [4.78, 5) is 2.20. The van der Waals surface area contributed by atoms with Gasteiger partial charge in [0.15, 0.2) is 0 Å². The van der Waals surface area contributed by atoms with Gasteiger partial charge in [-0.25, -0.2) is 0 Å². The van der Waals surface area contributed by atoms with Crippen molar-refractivity contribution in [3.63, 3.8) is 0 Å². The Kier molecular flexibility index (Phi) is 9.10. The molecular weight excluding hydrogens is 248 g/mol.